The molecule has 0 aliphatic carbocycles. The first-order valence-electron chi connectivity index (χ1n) is 4.59. The molecule has 0 unspecified atom stereocenters. The van der Waals surface area contributed by atoms with E-state index in [-0.39, 0.29) is 0 Å². The second-order valence-corrected chi connectivity index (χ2v) is 9.45. The van der Waals surface area contributed by atoms with Crippen LogP contribution in [0.25, 0.3) is 0 Å². The largest absolute Gasteiger partial charge is 0.113 e. The van der Waals surface area contributed by atoms with Crippen molar-refractivity contribution in [2.24, 2.45) is 0 Å². The van der Waals surface area contributed by atoms with E-state index in [1.54, 1.807) is 0 Å². The first-order valence-corrected chi connectivity index (χ1v) is 8.11. The zero-order valence-electron chi connectivity index (χ0n) is 8.79. The van der Waals surface area contributed by atoms with E-state index < -0.39 is 0 Å². The maximum atomic E-state index is 2.24. The molecule has 2 rings (SSSR count). The fourth-order valence-corrected chi connectivity index (χ4v) is 7.83. The molecule has 0 aromatic carbocycles. The minimum absolute atomic E-state index is 0.720. The smallest absolute Gasteiger partial charge is 0.0807 e. The average Bonchev–Trinajstić information content (AvgIpc) is 2.60. The van der Waals surface area contributed by atoms with E-state index in [1.807, 2.05) is 47.0 Å². The second kappa shape index (κ2) is 4.40. The minimum Gasteiger partial charge on any atom is -0.113 e. The molecule has 0 saturated heterocycles. The van der Waals surface area contributed by atoms with E-state index in [9.17, 15) is 0 Å². The highest BCUT2D eigenvalue weighted by molar-refractivity contribution is 8.29. The minimum atomic E-state index is 0.720. The molecule has 0 bridgehead atoms. The van der Waals surface area contributed by atoms with Crippen molar-refractivity contribution in [2.75, 3.05) is 0 Å². The van der Waals surface area contributed by atoms with Gasteiger partial charge < -0.3 is 0 Å². The highest BCUT2D eigenvalue weighted by Gasteiger charge is 2.33. The van der Waals surface area contributed by atoms with Crippen molar-refractivity contribution >= 4 is 47.0 Å². The lowest BCUT2D eigenvalue weighted by Crippen LogP contribution is -2.07. The molecule has 0 atom stereocenters. The predicted octanol–water partition coefficient (Wildman–Crippen LogP) is 5.10. The van der Waals surface area contributed by atoms with Crippen LogP contribution in [0.1, 0.15) is 27.7 Å². The van der Waals surface area contributed by atoms with Crippen LogP contribution in [0.2, 0.25) is 0 Å². The molecule has 0 aromatic rings. The van der Waals surface area contributed by atoms with Gasteiger partial charge in [-0.05, 0) is 47.3 Å². The van der Waals surface area contributed by atoms with Gasteiger partial charge in [-0.15, -0.1) is 47.0 Å². The molecule has 0 nitrogen and oxygen atoms in total. The van der Waals surface area contributed by atoms with Gasteiger partial charge in [-0.1, -0.05) is 0 Å². The van der Waals surface area contributed by atoms with E-state index in [0.717, 1.165) is 9.16 Å². The van der Waals surface area contributed by atoms with E-state index in [4.69, 9.17) is 0 Å². The molecule has 2 aliphatic heterocycles. The monoisotopic (exact) mass is 262 g/mol. The fraction of sp³-hybridized carbons (Fsp3) is 0.600. The second-order valence-electron chi connectivity index (χ2n) is 3.43. The molecule has 78 valence electrons. The summed E-state index contributed by atoms with van der Waals surface area (Å²) in [7, 11) is 0. The summed E-state index contributed by atoms with van der Waals surface area (Å²) in [6.07, 6.45) is 0. The molecule has 0 fully saturated rings. The first-order chi connectivity index (χ1) is 6.58. The van der Waals surface area contributed by atoms with E-state index in [2.05, 4.69) is 27.7 Å². The van der Waals surface area contributed by atoms with Gasteiger partial charge >= 0.3 is 0 Å². The van der Waals surface area contributed by atoms with Gasteiger partial charge in [0.25, 0.3) is 0 Å². The van der Waals surface area contributed by atoms with Gasteiger partial charge in [0.05, 0.1) is 9.16 Å². The molecule has 0 aromatic heterocycles. The van der Waals surface area contributed by atoms with E-state index >= 15 is 0 Å². The molecule has 0 N–H and O–H groups in total. The summed E-state index contributed by atoms with van der Waals surface area (Å²) in [5.74, 6) is 0. The van der Waals surface area contributed by atoms with Gasteiger partial charge in [0.15, 0.2) is 0 Å². The van der Waals surface area contributed by atoms with Crippen molar-refractivity contribution in [1.29, 1.82) is 0 Å². The van der Waals surface area contributed by atoms with Gasteiger partial charge in [0.1, 0.15) is 0 Å². The van der Waals surface area contributed by atoms with Crippen molar-refractivity contribution in [3.05, 3.63) is 19.6 Å². The van der Waals surface area contributed by atoms with Crippen molar-refractivity contribution in [1.82, 2.24) is 0 Å². The highest BCUT2D eigenvalue weighted by Crippen LogP contribution is 2.57. The summed E-state index contributed by atoms with van der Waals surface area (Å²) in [4.78, 5) is 6.07. The van der Waals surface area contributed by atoms with Gasteiger partial charge in [0, 0.05) is 0 Å². The van der Waals surface area contributed by atoms with Gasteiger partial charge in [-0.3, -0.25) is 0 Å². The van der Waals surface area contributed by atoms with Crippen LogP contribution in [0.5, 0.6) is 0 Å². The molecule has 0 amide bonds. The summed E-state index contributed by atoms with van der Waals surface area (Å²) < 4.78 is 1.44. The van der Waals surface area contributed by atoms with Crippen LogP contribution in [0, 0.1) is 0 Å². The number of hydrogen-bond acceptors (Lipinski definition) is 4. The van der Waals surface area contributed by atoms with Crippen LogP contribution >= 0.6 is 47.0 Å². The highest BCUT2D eigenvalue weighted by atomic mass is 32.2. The first kappa shape index (κ1) is 11.4. The van der Waals surface area contributed by atoms with Crippen molar-refractivity contribution in [3.8, 4) is 0 Å². The third kappa shape index (κ3) is 2.18. The summed E-state index contributed by atoms with van der Waals surface area (Å²) in [5.41, 5.74) is 0. The lowest BCUT2D eigenvalue weighted by Gasteiger charge is -2.15. The summed E-state index contributed by atoms with van der Waals surface area (Å²) in [6, 6.07) is 0. The van der Waals surface area contributed by atoms with Gasteiger partial charge in [0.2, 0.25) is 0 Å². The quantitative estimate of drug-likeness (QED) is 0.644. The van der Waals surface area contributed by atoms with Gasteiger partial charge in [-0.25, -0.2) is 0 Å². The maximum Gasteiger partial charge on any atom is 0.0807 e. The molecule has 2 aliphatic rings. The van der Waals surface area contributed by atoms with E-state index in [1.165, 1.54) is 19.6 Å². The van der Waals surface area contributed by atoms with Crippen LogP contribution in [0.15, 0.2) is 19.6 Å². The standard InChI is InChI=1S/C10H14S4/c1-5-6(2)12-9(11-5)10-13-7(3)8(4)14-10/h9-10H,1-4H3. The van der Waals surface area contributed by atoms with E-state index in [0.29, 0.717) is 0 Å². The topological polar surface area (TPSA) is 0 Å². The third-order valence-electron chi connectivity index (χ3n) is 2.39. The Morgan fingerprint density at radius 3 is 1.00 bits per heavy atom. The predicted molar refractivity (Wildman–Crippen MR) is 74.7 cm³/mol. The number of allylic oxidation sites excluding steroid dienone is 4. The fourth-order valence-electron chi connectivity index (χ4n) is 1.30. The average molecular weight is 262 g/mol. The lowest BCUT2D eigenvalue weighted by atomic mass is 10.6. The lowest BCUT2D eigenvalue weighted by molar-refractivity contribution is 1.38. The maximum absolute atomic E-state index is 2.24. The summed E-state index contributed by atoms with van der Waals surface area (Å²) in [5, 5.41) is 0. The Morgan fingerprint density at radius 1 is 0.571 bits per heavy atom. The molecule has 0 saturated carbocycles. The Balaban J connectivity index is 1.96. The van der Waals surface area contributed by atoms with Crippen molar-refractivity contribution < 1.29 is 0 Å². The van der Waals surface area contributed by atoms with Crippen LogP contribution in [-0.2, 0) is 0 Å². The number of rotatable bonds is 1. The Hall–Kier alpha value is 0.880. The molecular weight excluding hydrogens is 248 g/mol. The Morgan fingerprint density at radius 2 is 0.786 bits per heavy atom. The summed E-state index contributed by atoms with van der Waals surface area (Å²) in [6.45, 7) is 8.96. The number of thioether (sulfide) groups is 4. The third-order valence-corrected chi connectivity index (χ3v) is 9.14. The molecule has 0 radical (unpaired) electrons. The van der Waals surface area contributed by atoms with Crippen LogP contribution in [0.3, 0.4) is 0 Å². The SMILES string of the molecule is CC1=C(C)SC(C2SC(C)=C(C)S2)S1. The molecule has 2 heterocycles. The number of hydrogen-bond donors (Lipinski definition) is 0. The Labute approximate surface area is 103 Å². The van der Waals surface area contributed by atoms with Crippen LogP contribution in [-0.4, -0.2) is 9.16 Å². The zero-order valence-corrected chi connectivity index (χ0v) is 12.1. The normalized spacial score (nSPS) is 25.7. The van der Waals surface area contributed by atoms with Crippen LogP contribution in [0.4, 0.5) is 0 Å². The van der Waals surface area contributed by atoms with Crippen LogP contribution < -0.4 is 0 Å². The van der Waals surface area contributed by atoms with Crippen molar-refractivity contribution in [3.63, 3.8) is 0 Å². The van der Waals surface area contributed by atoms with Crippen molar-refractivity contribution in [2.45, 2.75) is 36.9 Å². The Bertz CT molecular complexity index is 256. The molecule has 0 spiro atoms. The molecule has 4 heteroatoms. The molecule has 14 heavy (non-hydrogen) atoms. The summed E-state index contributed by atoms with van der Waals surface area (Å²) >= 11 is 8.20. The zero-order chi connectivity index (χ0) is 10.3. The Kier molecular flexibility index (Phi) is 3.57. The van der Waals surface area contributed by atoms with Gasteiger partial charge in [-0.2, -0.15) is 0 Å². The molecular formula is C10H14S4.